The molecule has 0 aliphatic carbocycles. The average molecular weight is 247 g/mol. The number of nitrogens with one attached hydrogen (secondary N) is 1. The van der Waals surface area contributed by atoms with Gasteiger partial charge in [0.25, 0.3) is 0 Å². The third kappa shape index (κ3) is 2.25. The summed E-state index contributed by atoms with van der Waals surface area (Å²) in [6, 6.07) is 4.77. The van der Waals surface area contributed by atoms with Crippen molar-refractivity contribution in [3.63, 3.8) is 0 Å². The van der Waals surface area contributed by atoms with E-state index in [9.17, 15) is 4.39 Å². The molecule has 2 aromatic rings. The third-order valence-corrected chi connectivity index (χ3v) is 2.62. The Morgan fingerprint density at radius 1 is 1.33 bits per heavy atom. The molecule has 0 atom stereocenters. The van der Waals surface area contributed by atoms with E-state index in [-0.39, 0.29) is 5.75 Å². The van der Waals surface area contributed by atoms with Crippen LogP contribution in [0, 0.1) is 12.7 Å². The number of rotatable bonds is 3. The molecular formula is C13H14FN3O. The van der Waals surface area contributed by atoms with Crippen molar-refractivity contribution in [3.8, 4) is 17.0 Å². The summed E-state index contributed by atoms with van der Waals surface area (Å²) in [6.07, 6.45) is 1.70. The predicted octanol–water partition coefficient (Wildman–Crippen LogP) is 2.64. The smallest absolute Gasteiger partial charge is 0.222 e. The van der Waals surface area contributed by atoms with Crippen LogP contribution in [0.15, 0.2) is 24.4 Å². The van der Waals surface area contributed by atoms with E-state index < -0.39 is 5.82 Å². The zero-order valence-electron chi connectivity index (χ0n) is 10.5. The van der Waals surface area contributed by atoms with E-state index in [1.165, 1.54) is 13.2 Å². The summed E-state index contributed by atoms with van der Waals surface area (Å²) in [6.45, 7) is 1.89. The Kier molecular flexibility index (Phi) is 3.41. The molecule has 1 aromatic heterocycles. The standard InChI is InChI=1S/C13H14FN3O/c1-8-7-16-13(15-2)17-12(8)9-4-5-11(18-3)10(14)6-9/h4-7H,1-3H3,(H,15,16,17). The monoisotopic (exact) mass is 247 g/mol. The first-order valence-electron chi connectivity index (χ1n) is 5.51. The van der Waals surface area contributed by atoms with Gasteiger partial charge in [0, 0.05) is 18.8 Å². The van der Waals surface area contributed by atoms with E-state index in [2.05, 4.69) is 15.3 Å². The van der Waals surface area contributed by atoms with E-state index in [0.717, 1.165) is 5.56 Å². The normalized spacial score (nSPS) is 10.2. The molecule has 0 fully saturated rings. The number of nitrogens with zero attached hydrogens (tertiary/aromatic N) is 2. The topological polar surface area (TPSA) is 47.0 Å². The fourth-order valence-electron chi connectivity index (χ4n) is 1.67. The van der Waals surface area contributed by atoms with Gasteiger partial charge in [0.05, 0.1) is 12.8 Å². The van der Waals surface area contributed by atoms with Crippen molar-refractivity contribution in [2.24, 2.45) is 0 Å². The Balaban J connectivity index is 2.51. The number of anilines is 1. The van der Waals surface area contributed by atoms with Gasteiger partial charge in [-0.05, 0) is 30.7 Å². The molecule has 0 aliphatic rings. The van der Waals surface area contributed by atoms with Crippen LogP contribution in [-0.2, 0) is 0 Å². The van der Waals surface area contributed by atoms with Crippen LogP contribution in [0.4, 0.5) is 10.3 Å². The Bertz CT molecular complexity index is 572. The minimum Gasteiger partial charge on any atom is -0.494 e. The van der Waals surface area contributed by atoms with Gasteiger partial charge in [-0.25, -0.2) is 14.4 Å². The molecule has 5 heteroatoms. The van der Waals surface area contributed by atoms with Crippen LogP contribution in [-0.4, -0.2) is 24.1 Å². The predicted molar refractivity (Wildman–Crippen MR) is 68.3 cm³/mol. The first-order valence-corrected chi connectivity index (χ1v) is 5.51. The van der Waals surface area contributed by atoms with Crippen LogP contribution in [0.3, 0.4) is 0 Å². The molecule has 4 nitrogen and oxygen atoms in total. The maximum absolute atomic E-state index is 13.7. The van der Waals surface area contributed by atoms with Crippen LogP contribution < -0.4 is 10.1 Å². The van der Waals surface area contributed by atoms with Crippen molar-refractivity contribution in [1.82, 2.24) is 9.97 Å². The summed E-state index contributed by atoms with van der Waals surface area (Å²) in [5, 5.41) is 2.86. The lowest BCUT2D eigenvalue weighted by Gasteiger charge is -2.08. The van der Waals surface area contributed by atoms with Gasteiger partial charge in [-0.3, -0.25) is 0 Å². The summed E-state index contributed by atoms with van der Waals surface area (Å²) >= 11 is 0. The molecule has 0 aliphatic heterocycles. The van der Waals surface area contributed by atoms with Crippen molar-refractivity contribution in [3.05, 3.63) is 35.8 Å². The second-order valence-corrected chi connectivity index (χ2v) is 3.82. The van der Waals surface area contributed by atoms with Gasteiger partial charge >= 0.3 is 0 Å². The van der Waals surface area contributed by atoms with E-state index >= 15 is 0 Å². The molecule has 1 N–H and O–H groups in total. The summed E-state index contributed by atoms with van der Waals surface area (Å²) in [5.41, 5.74) is 2.29. The lowest BCUT2D eigenvalue weighted by Crippen LogP contribution is -1.99. The Morgan fingerprint density at radius 3 is 2.72 bits per heavy atom. The van der Waals surface area contributed by atoms with Gasteiger partial charge in [0.15, 0.2) is 11.6 Å². The summed E-state index contributed by atoms with van der Waals surface area (Å²) in [7, 11) is 3.18. The molecule has 0 spiro atoms. The average Bonchev–Trinajstić information content (AvgIpc) is 2.39. The van der Waals surface area contributed by atoms with Gasteiger partial charge in [-0.1, -0.05) is 0 Å². The number of aryl methyl sites for hydroxylation is 1. The van der Waals surface area contributed by atoms with E-state index in [4.69, 9.17) is 4.74 Å². The van der Waals surface area contributed by atoms with Crippen LogP contribution in [0.1, 0.15) is 5.56 Å². The number of benzene rings is 1. The maximum Gasteiger partial charge on any atom is 0.222 e. The highest BCUT2D eigenvalue weighted by Gasteiger charge is 2.09. The highest BCUT2D eigenvalue weighted by molar-refractivity contribution is 5.64. The lowest BCUT2D eigenvalue weighted by atomic mass is 10.1. The maximum atomic E-state index is 13.7. The summed E-state index contributed by atoms with van der Waals surface area (Å²) < 4.78 is 18.6. The molecular weight excluding hydrogens is 233 g/mol. The summed E-state index contributed by atoms with van der Waals surface area (Å²) in [4.78, 5) is 8.43. The number of ether oxygens (including phenoxy) is 1. The minimum atomic E-state index is -0.404. The molecule has 18 heavy (non-hydrogen) atoms. The molecule has 1 aromatic carbocycles. The minimum absolute atomic E-state index is 0.222. The number of methoxy groups -OCH3 is 1. The second-order valence-electron chi connectivity index (χ2n) is 3.82. The van der Waals surface area contributed by atoms with Crippen molar-refractivity contribution in [1.29, 1.82) is 0 Å². The lowest BCUT2D eigenvalue weighted by molar-refractivity contribution is 0.386. The zero-order valence-corrected chi connectivity index (χ0v) is 10.5. The number of hydrogen-bond acceptors (Lipinski definition) is 4. The van der Waals surface area contributed by atoms with E-state index in [1.807, 2.05) is 6.92 Å². The van der Waals surface area contributed by atoms with Crippen LogP contribution in [0.2, 0.25) is 0 Å². The van der Waals surface area contributed by atoms with Gasteiger partial charge in [0.1, 0.15) is 0 Å². The molecule has 0 saturated heterocycles. The third-order valence-electron chi connectivity index (χ3n) is 2.62. The van der Waals surface area contributed by atoms with Gasteiger partial charge in [-0.15, -0.1) is 0 Å². The quantitative estimate of drug-likeness (QED) is 0.905. The fourth-order valence-corrected chi connectivity index (χ4v) is 1.67. The number of aromatic nitrogens is 2. The van der Waals surface area contributed by atoms with Crippen molar-refractivity contribution in [2.45, 2.75) is 6.92 Å². The molecule has 0 bridgehead atoms. The van der Waals surface area contributed by atoms with Crippen LogP contribution in [0.5, 0.6) is 5.75 Å². The molecule has 0 unspecified atom stereocenters. The summed E-state index contributed by atoms with van der Waals surface area (Å²) in [5.74, 6) is 0.324. The van der Waals surface area contributed by atoms with Gasteiger partial charge < -0.3 is 10.1 Å². The van der Waals surface area contributed by atoms with E-state index in [1.54, 1.807) is 25.4 Å². The molecule has 1 heterocycles. The molecule has 94 valence electrons. The molecule has 0 radical (unpaired) electrons. The second kappa shape index (κ2) is 5.00. The van der Waals surface area contributed by atoms with Gasteiger partial charge in [0.2, 0.25) is 5.95 Å². The van der Waals surface area contributed by atoms with Crippen molar-refractivity contribution < 1.29 is 9.13 Å². The number of hydrogen-bond donors (Lipinski definition) is 1. The zero-order chi connectivity index (χ0) is 13.1. The Labute approximate surface area is 105 Å². The van der Waals surface area contributed by atoms with E-state index in [0.29, 0.717) is 17.2 Å². The fraction of sp³-hybridized carbons (Fsp3) is 0.231. The van der Waals surface area contributed by atoms with Crippen LogP contribution >= 0.6 is 0 Å². The first kappa shape index (κ1) is 12.3. The first-order chi connectivity index (χ1) is 8.65. The Morgan fingerprint density at radius 2 is 2.11 bits per heavy atom. The van der Waals surface area contributed by atoms with Gasteiger partial charge in [-0.2, -0.15) is 0 Å². The highest BCUT2D eigenvalue weighted by atomic mass is 19.1. The van der Waals surface area contributed by atoms with Crippen molar-refractivity contribution in [2.75, 3.05) is 19.5 Å². The number of halogens is 1. The Hall–Kier alpha value is -2.17. The van der Waals surface area contributed by atoms with Crippen molar-refractivity contribution >= 4 is 5.95 Å². The molecule has 2 rings (SSSR count). The SMILES string of the molecule is CNc1ncc(C)c(-c2ccc(OC)c(F)c2)n1. The molecule has 0 saturated carbocycles. The molecule has 0 amide bonds. The highest BCUT2D eigenvalue weighted by Crippen LogP contribution is 2.26. The largest absolute Gasteiger partial charge is 0.494 e. The van der Waals surface area contributed by atoms with Crippen LogP contribution in [0.25, 0.3) is 11.3 Å².